The van der Waals surface area contributed by atoms with Crippen LogP contribution in [0.15, 0.2) is 11.6 Å². The third-order valence-corrected chi connectivity index (χ3v) is 13.7. The van der Waals surface area contributed by atoms with Crippen molar-refractivity contribution in [3.05, 3.63) is 11.6 Å². The summed E-state index contributed by atoms with van der Waals surface area (Å²) in [6.45, 7) is 14.5. The van der Waals surface area contributed by atoms with Crippen LogP contribution < -0.4 is 0 Å². The van der Waals surface area contributed by atoms with Gasteiger partial charge >= 0.3 is 5.97 Å². The molecule has 0 amide bonds. The maximum atomic E-state index is 13.4. The summed E-state index contributed by atoms with van der Waals surface area (Å²) < 4.78 is 5.50. The van der Waals surface area contributed by atoms with Gasteiger partial charge in [-0.1, -0.05) is 53.2 Å². The Labute approximate surface area is 213 Å². The third kappa shape index (κ3) is 3.02. The molecular weight excluding hydrogens is 436 g/mol. The monoisotopic (exact) mass is 486 g/mol. The van der Waals surface area contributed by atoms with Gasteiger partial charge in [-0.2, -0.15) is 0 Å². The van der Waals surface area contributed by atoms with Gasteiger partial charge < -0.3 is 14.9 Å². The van der Waals surface area contributed by atoms with Crippen LogP contribution in [0.3, 0.4) is 0 Å². The van der Waals surface area contributed by atoms with E-state index >= 15 is 0 Å². The molecule has 0 spiro atoms. The molecule has 5 aliphatic rings. The molecule has 0 aliphatic heterocycles. The van der Waals surface area contributed by atoms with Gasteiger partial charge in [0.15, 0.2) is 0 Å². The molecule has 0 aromatic rings. The molecule has 11 atom stereocenters. The summed E-state index contributed by atoms with van der Waals surface area (Å²) in [5.74, 6) is 2.26. The number of hydrogen-bond donors (Lipinski definition) is 2. The van der Waals surface area contributed by atoms with Gasteiger partial charge in [0.05, 0.1) is 25.2 Å². The molecule has 5 rings (SSSR count). The lowest BCUT2D eigenvalue weighted by Gasteiger charge is -2.71. The van der Waals surface area contributed by atoms with E-state index in [4.69, 9.17) is 4.74 Å². The van der Waals surface area contributed by atoms with E-state index < -0.39 is 11.5 Å². The Morgan fingerprint density at radius 3 is 2.37 bits per heavy atom. The van der Waals surface area contributed by atoms with Crippen LogP contribution in [0.2, 0.25) is 0 Å². The number of aliphatic hydroxyl groups excluding tert-OH is 2. The Bertz CT molecular complexity index is 912. The van der Waals surface area contributed by atoms with Crippen molar-refractivity contribution >= 4 is 5.97 Å². The van der Waals surface area contributed by atoms with E-state index in [9.17, 15) is 15.0 Å². The van der Waals surface area contributed by atoms with E-state index in [-0.39, 0.29) is 40.2 Å². The first-order chi connectivity index (χ1) is 16.4. The van der Waals surface area contributed by atoms with Crippen LogP contribution >= 0.6 is 0 Å². The van der Waals surface area contributed by atoms with Crippen LogP contribution in [0.1, 0.15) is 99.3 Å². The minimum Gasteiger partial charge on any atom is -0.469 e. The van der Waals surface area contributed by atoms with Crippen LogP contribution in [0, 0.1) is 56.7 Å². The highest BCUT2D eigenvalue weighted by Gasteiger charge is 2.70. The molecule has 0 aromatic carbocycles. The zero-order valence-corrected chi connectivity index (χ0v) is 23.3. The topological polar surface area (TPSA) is 66.8 Å². The maximum absolute atomic E-state index is 13.4. The van der Waals surface area contributed by atoms with Crippen LogP contribution in [0.4, 0.5) is 0 Å². The Hall–Kier alpha value is -0.870. The summed E-state index contributed by atoms with van der Waals surface area (Å²) in [6, 6.07) is 0. The molecule has 5 aliphatic carbocycles. The predicted molar refractivity (Wildman–Crippen MR) is 138 cm³/mol. The molecular formula is C31H50O4. The predicted octanol–water partition coefficient (Wildman–Crippen LogP) is 6.15. The number of carbonyl (C=O) groups is 1. The third-order valence-electron chi connectivity index (χ3n) is 13.7. The fourth-order valence-corrected chi connectivity index (χ4v) is 11.1. The van der Waals surface area contributed by atoms with Gasteiger partial charge in [-0.3, -0.25) is 4.79 Å². The summed E-state index contributed by atoms with van der Waals surface area (Å²) in [4.78, 5) is 13.4. The maximum Gasteiger partial charge on any atom is 0.312 e. The lowest BCUT2D eigenvalue weighted by atomic mass is 9.33. The molecule has 4 unspecified atom stereocenters. The number of methoxy groups -OCH3 is 1. The largest absolute Gasteiger partial charge is 0.469 e. The minimum atomic E-state index is -0.418. The van der Waals surface area contributed by atoms with Crippen molar-refractivity contribution in [1.82, 2.24) is 0 Å². The summed E-state index contributed by atoms with van der Waals surface area (Å²) >= 11 is 0. The summed E-state index contributed by atoms with van der Waals surface area (Å²) in [6.07, 6.45) is 11.3. The van der Waals surface area contributed by atoms with Crippen molar-refractivity contribution in [2.45, 2.75) is 105 Å². The second-order valence-electron chi connectivity index (χ2n) is 14.5. The van der Waals surface area contributed by atoms with Gasteiger partial charge in [0, 0.05) is 5.41 Å². The summed E-state index contributed by atoms with van der Waals surface area (Å²) in [7, 11) is 1.58. The van der Waals surface area contributed by atoms with Gasteiger partial charge in [0.2, 0.25) is 0 Å². The zero-order chi connectivity index (χ0) is 25.6. The van der Waals surface area contributed by atoms with E-state index in [1.165, 1.54) is 0 Å². The number of allylic oxidation sites excluding steroid dienone is 2. The Kier molecular flexibility index (Phi) is 5.94. The van der Waals surface area contributed by atoms with Crippen LogP contribution in [-0.4, -0.2) is 36.0 Å². The molecule has 0 radical (unpaired) electrons. The van der Waals surface area contributed by atoms with Gasteiger partial charge in [-0.25, -0.2) is 0 Å². The molecule has 0 aromatic heterocycles. The molecule has 2 N–H and O–H groups in total. The lowest BCUT2D eigenvalue weighted by Crippen LogP contribution is -2.66. The molecule has 0 bridgehead atoms. The Morgan fingerprint density at radius 1 is 1.00 bits per heavy atom. The van der Waals surface area contributed by atoms with Crippen molar-refractivity contribution < 1.29 is 19.7 Å². The van der Waals surface area contributed by atoms with E-state index in [0.717, 1.165) is 57.8 Å². The number of rotatable bonds is 2. The first kappa shape index (κ1) is 25.8. The summed E-state index contributed by atoms with van der Waals surface area (Å²) in [5.41, 5.74) is 1.12. The van der Waals surface area contributed by atoms with Crippen LogP contribution in [-0.2, 0) is 9.53 Å². The average molecular weight is 487 g/mol. The Balaban J connectivity index is 1.61. The average Bonchev–Trinajstić information content (AvgIpc) is 2.83. The Morgan fingerprint density at radius 2 is 1.71 bits per heavy atom. The molecule has 0 heterocycles. The van der Waals surface area contributed by atoms with Crippen LogP contribution in [0.5, 0.6) is 0 Å². The second kappa shape index (κ2) is 8.06. The second-order valence-corrected chi connectivity index (χ2v) is 14.5. The number of fused-ring (bicyclic) bond motifs is 7. The SMILES string of the molecule is COC(=O)[C@]12CC[C@@H](C)[C@H](C)C1C1=CCC3[C@@]4(C)CCC(O)[C@@](C)(CO)C4CC[C@@]3(C)[C@]1(C)CC2. The molecule has 4 nitrogen and oxygen atoms in total. The molecule has 4 heteroatoms. The smallest absolute Gasteiger partial charge is 0.312 e. The fourth-order valence-electron chi connectivity index (χ4n) is 11.1. The fraction of sp³-hybridized carbons (Fsp3) is 0.903. The van der Waals surface area contributed by atoms with Crippen LogP contribution in [0.25, 0.3) is 0 Å². The molecule has 4 saturated carbocycles. The number of hydrogen-bond acceptors (Lipinski definition) is 4. The van der Waals surface area contributed by atoms with E-state index in [0.29, 0.717) is 23.7 Å². The highest BCUT2D eigenvalue weighted by molar-refractivity contribution is 5.78. The van der Waals surface area contributed by atoms with Crippen molar-refractivity contribution in [3.8, 4) is 0 Å². The van der Waals surface area contributed by atoms with Gasteiger partial charge in [-0.15, -0.1) is 0 Å². The lowest BCUT2D eigenvalue weighted by molar-refractivity contribution is -0.217. The number of ether oxygens (including phenoxy) is 1. The van der Waals surface area contributed by atoms with E-state index in [1.807, 2.05) is 0 Å². The van der Waals surface area contributed by atoms with Crippen molar-refractivity contribution in [3.63, 3.8) is 0 Å². The molecule has 4 fully saturated rings. The standard InChI is InChI=1S/C31H50O4/c1-19-10-15-31(26(34)35-7)17-16-29(5)21(25(31)20(19)2)8-9-23-27(3)13-12-24(33)28(4,18-32)22(27)11-14-30(23,29)6/h8,19-20,22-25,32-33H,9-18H2,1-7H3/t19-,20+,22?,23?,24?,25?,27+,28+,29-,30-,31+/m1/s1. The highest BCUT2D eigenvalue weighted by atomic mass is 16.5. The quantitative estimate of drug-likeness (QED) is 0.363. The first-order valence-electron chi connectivity index (χ1n) is 14.4. The van der Waals surface area contributed by atoms with E-state index in [1.54, 1.807) is 12.7 Å². The highest BCUT2D eigenvalue weighted by Crippen LogP contribution is 2.75. The summed E-state index contributed by atoms with van der Waals surface area (Å²) in [5, 5.41) is 21.4. The first-order valence-corrected chi connectivity index (χ1v) is 14.4. The van der Waals surface area contributed by atoms with Crippen molar-refractivity contribution in [1.29, 1.82) is 0 Å². The van der Waals surface area contributed by atoms with Gasteiger partial charge in [0.25, 0.3) is 0 Å². The van der Waals surface area contributed by atoms with Crippen molar-refractivity contribution in [2.75, 3.05) is 13.7 Å². The van der Waals surface area contributed by atoms with Gasteiger partial charge in [0.1, 0.15) is 0 Å². The zero-order valence-electron chi connectivity index (χ0n) is 23.3. The normalized spacial score (nSPS) is 55.5. The number of carbonyl (C=O) groups excluding carboxylic acids is 1. The number of esters is 1. The minimum absolute atomic E-state index is 0.0205. The van der Waals surface area contributed by atoms with E-state index in [2.05, 4.69) is 47.6 Å². The molecule has 0 saturated heterocycles. The molecule has 198 valence electrons. The molecule has 35 heavy (non-hydrogen) atoms. The van der Waals surface area contributed by atoms with Gasteiger partial charge in [-0.05, 0) is 104 Å². The number of aliphatic hydroxyl groups is 2. The van der Waals surface area contributed by atoms with Crippen molar-refractivity contribution in [2.24, 2.45) is 56.7 Å².